The number of amides is 1. The SMILES string of the molecule is CC(O)CNC(=O)Cc1cccc(F)c1. The monoisotopic (exact) mass is 211 g/mol. The van der Waals surface area contributed by atoms with Gasteiger partial charge in [-0.3, -0.25) is 4.79 Å². The highest BCUT2D eigenvalue weighted by molar-refractivity contribution is 5.78. The lowest BCUT2D eigenvalue weighted by Gasteiger charge is -2.06. The molecule has 0 heterocycles. The van der Waals surface area contributed by atoms with Gasteiger partial charge in [-0.25, -0.2) is 4.39 Å². The lowest BCUT2D eigenvalue weighted by molar-refractivity contribution is -0.120. The molecule has 0 aliphatic heterocycles. The highest BCUT2D eigenvalue weighted by Crippen LogP contribution is 2.03. The van der Waals surface area contributed by atoms with Crippen molar-refractivity contribution >= 4 is 5.91 Å². The van der Waals surface area contributed by atoms with Crippen molar-refractivity contribution in [2.75, 3.05) is 6.54 Å². The molecule has 0 radical (unpaired) electrons. The van der Waals surface area contributed by atoms with Crippen LogP contribution in [0.1, 0.15) is 12.5 Å². The molecule has 15 heavy (non-hydrogen) atoms. The maximum absolute atomic E-state index is 12.8. The van der Waals surface area contributed by atoms with Gasteiger partial charge in [0.15, 0.2) is 0 Å². The lowest BCUT2D eigenvalue weighted by Crippen LogP contribution is -2.31. The van der Waals surface area contributed by atoms with Gasteiger partial charge >= 0.3 is 0 Å². The second kappa shape index (κ2) is 5.46. The van der Waals surface area contributed by atoms with Crippen LogP contribution in [-0.2, 0) is 11.2 Å². The van der Waals surface area contributed by atoms with Crippen LogP contribution >= 0.6 is 0 Å². The van der Waals surface area contributed by atoms with E-state index in [-0.39, 0.29) is 24.7 Å². The number of aliphatic hydroxyl groups is 1. The summed E-state index contributed by atoms with van der Waals surface area (Å²) >= 11 is 0. The summed E-state index contributed by atoms with van der Waals surface area (Å²) in [7, 11) is 0. The average Bonchev–Trinajstić information content (AvgIpc) is 2.15. The quantitative estimate of drug-likeness (QED) is 0.776. The largest absolute Gasteiger partial charge is 0.392 e. The molecule has 0 aromatic heterocycles. The summed E-state index contributed by atoms with van der Waals surface area (Å²) in [5.74, 6) is -0.572. The van der Waals surface area contributed by atoms with Gasteiger partial charge in [0.25, 0.3) is 0 Å². The van der Waals surface area contributed by atoms with E-state index >= 15 is 0 Å². The molecule has 0 spiro atoms. The van der Waals surface area contributed by atoms with Crippen LogP contribution in [0.4, 0.5) is 4.39 Å². The molecule has 3 nitrogen and oxygen atoms in total. The predicted molar refractivity (Wildman–Crippen MR) is 54.8 cm³/mol. The summed E-state index contributed by atoms with van der Waals surface area (Å²) in [5, 5.41) is 11.5. The van der Waals surface area contributed by atoms with Gasteiger partial charge in [-0.1, -0.05) is 12.1 Å². The first-order valence-electron chi connectivity index (χ1n) is 4.77. The Hall–Kier alpha value is -1.42. The Bertz CT molecular complexity index is 339. The summed E-state index contributed by atoms with van der Waals surface area (Å²) in [5.41, 5.74) is 0.623. The van der Waals surface area contributed by atoms with Gasteiger partial charge in [-0.15, -0.1) is 0 Å². The highest BCUT2D eigenvalue weighted by Gasteiger charge is 2.04. The minimum atomic E-state index is -0.568. The van der Waals surface area contributed by atoms with Crippen molar-refractivity contribution in [3.8, 4) is 0 Å². The summed E-state index contributed by atoms with van der Waals surface area (Å²) in [6.45, 7) is 1.80. The van der Waals surface area contributed by atoms with Crippen LogP contribution in [-0.4, -0.2) is 23.7 Å². The fraction of sp³-hybridized carbons (Fsp3) is 0.364. The molecule has 0 saturated carbocycles. The minimum absolute atomic E-state index is 0.129. The highest BCUT2D eigenvalue weighted by atomic mass is 19.1. The van der Waals surface area contributed by atoms with Crippen LogP contribution in [0.3, 0.4) is 0 Å². The van der Waals surface area contributed by atoms with Crippen LogP contribution in [0.5, 0.6) is 0 Å². The molecule has 0 saturated heterocycles. The van der Waals surface area contributed by atoms with Crippen LogP contribution < -0.4 is 5.32 Å². The molecular weight excluding hydrogens is 197 g/mol. The average molecular weight is 211 g/mol. The van der Waals surface area contributed by atoms with Crippen molar-refractivity contribution in [2.45, 2.75) is 19.4 Å². The molecule has 0 bridgehead atoms. The first-order chi connectivity index (χ1) is 7.08. The molecule has 1 aromatic rings. The number of nitrogens with one attached hydrogen (secondary N) is 1. The number of hydrogen-bond acceptors (Lipinski definition) is 2. The molecule has 82 valence electrons. The van der Waals surface area contributed by atoms with Crippen molar-refractivity contribution in [2.24, 2.45) is 0 Å². The molecule has 1 unspecified atom stereocenters. The predicted octanol–water partition coefficient (Wildman–Crippen LogP) is 0.865. The zero-order valence-electron chi connectivity index (χ0n) is 8.53. The lowest BCUT2D eigenvalue weighted by atomic mass is 10.1. The van der Waals surface area contributed by atoms with Crippen molar-refractivity contribution in [3.63, 3.8) is 0 Å². The van der Waals surface area contributed by atoms with Gasteiger partial charge in [-0.05, 0) is 24.6 Å². The van der Waals surface area contributed by atoms with Gasteiger partial charge in [0, 0.05) is 6.54 Å². The van der Waals surface area contributed by atoms with Crippen molar-refractivity contribution in [1.29, 1.82) is 0 Å². The number of benzene rings is 1. The number of carbonyl (C=O) groups is 1. The van der Waals surface area contributed by atoms with Gasteiger partial charge in [0.05, 0.1) is 12.5 Å². The third-order valence-electron chi connectivity index (χ3n) is 1.85. The number of hydrogen-bond donors (Lipinski definition) is 2. The van der Waals surface area contributed by atoms with Gasteiger partial charge in [0.2, 0.25) is 5.91 Å². The smallest absolute Gasteiger partial charge is 0.224 e. The van der Waals surface area contributed by atoms with Gasteiger partial charge in [-0.2, -0.15) is 0 Å². The second-order valence-electron chi connectivity index (χ2n) is 3.46. The molecule has 1 rings (SSSR count). The van der Waals surface area contributed by atoms with E-state index in [1.165, 1.54) is 12.1 Å². The first-order valence-corrected chi connectivity index (χ1v) is 4.77. The summed E-state index contributed by atoms with van der Waals surface area (Å²) in [4.78, 5) is 11.3. The topological polar surface area (TPSA) is 49.3 Å². The number of aliphatic hydroxyl groups excluding tert-OH is 1. The maximum Gasteiger partial charge on any atom is 0.224 e. The number of rotatable bonds is 4. The number of halogens is 1. The third-order valence-corrected chi connectivity index (χ3v) is 1.85. The number of carbonyl (C=O) groups excluding carboxylic acids is 1. The molecule has 0 aliphatic rings. The normalized spacial score (nSPS) is 12.2. The summed E-state index contributed by atoms with van der Waals surface area (Å²) in [6, 6.07) is 5.90. The first kappa shape index (κ1) is 11.7. The molecule has 4 heteroatoms. The molecule has 1 amide bonds. The van der Waals surface area contributed by atoms with Crippen LogP contribution in [0.25, 0.3) is 0 Å². The van der Waals surface area contributed by atoms with E-state index in [1.54, 1.807) is 19.1 Å². The summed E-state index contributed by atoms with van der Waals surface area (Å²) in [6.07, 6.45) is -0.439. The Morgan fingerprint density at radius 1 is 1.60 bits per heavy atom. The van der Waals surface area contributed by atoms with Crippen molar-refractivity contribution in [1.82, 2.24) is 5.32 Å². The van der Waals surface area contributed by atoms with E-state index in [0.29, 0.717) is 5.56 Å². The fourth-order valence-electron chi connectivity index (χ4n) is 1.16. The zero-order valence-corrected chi connectivity index (χ0v) is 8.53. The Kier molecular flexibility index (Phi) is 4.24. The third kappa shape index (κ3) is 4.56. The Morgan fingerprint density at radius 3 is 2.93 bits per heavy atom. The Balaban J connectivity index is 2.44. The zero-order chi connectivity index (χ0) is 11.3. The molecule has 1 atom stereocenters. The van der Waals surface area contributed by atoms with E-state index in [2.05, 4.69) is 5.32 Å². The van der Waals surface area contributed by atoms with Crippen molar-refractivity contribution in [3.05, 3.63) is 35.6 Å². The molecule has 1 aromatic carbocycles. The van der Waals surface area contributed by atoms with Crippen LogP contribution in [0.15, 0.2) is 24.3 Å². The standard InChI is InChI=1S/C11H14FNO2/c1-8(14)7-13-11(15)6-9-3-2-4-10(12)5-9/h2-5,8,14H,6-7H2,1H3,(H,13,15). The van der Waals surface area contributed by atoms with Crippen molar-refractivity contribution < 1.29 is 14.3 Å². The van der Waals surface area contributed by atoms with Gasteiger partial charge in [0.1, 0.15) is 5.82 Å². The van der Waals surface area contributed by atoms with E-state index in [9.17, 15) is 9.18 Å². The second-order valence-corrected chi connectivity index (χ2v) is 3.46. The van der Waals surface area contributed by atoms with E-state index < -0.39 is 6.10 Å². The van der Waals surface area contributed by atoms with Gasteiger partial charge < -0.3 is 10.4 Å². The Morgan fingerprint density at radius 2 is 2.33 bits per heavy atom. The van der Waals surface area contributed by atoms with Crippen LogP contribution in [0.2, 0.25) is 0 Å². The van der Waals surface area contributed by atoms with Crippen LogP contribution in [0, 0.1) is 5.82 Å². The minimum Gasteiger partial charge on any atom is -0.392 e. The molecule has 2 N–H and O–H groups in total. The van der Waals surface area contributed by atoms with E-state index in [0.717, 1.165) is 0 Å². The molecular formula is C11H14FNO2. The van der Waals surface area contributed by atoms with E-state index in [4.69, 9.17) is 5.11 Å². The molecule has 0 aliphatic carbocycles. The summed E-state index contributed by atoms with van der Waals surface area (Å²) < 4.78 is 12.8. The van der Waals surface area contributed by atoms with E-state index in [1.807, 2.05) is 0 Å². The fourth-order valence-corrected chi connectivity index (χ4v) is 1.16. The molecule has 0 fully saturated rings. The maximum atomic E-state index is 12.8. The Labute approximate surface area is 87.9 Å².